The van der Waals surface area contributed by atoms with Gasteiger partial charge in [0.2, 0.25) is 5.91 Å². The average molecular weight is 368 g/mol. The number of fused-ring (bicyclic) bond motifs is 1. The average Bonchev–Trinajstić information content (AvgIpc) is 3.15. The molecule has 3 rings (SSSR count). The van der Waals surface area contributed by atoms with Gasteiger partial charge in [0.05, 0.1) is 14.2 Å². The van der Waals surface area contributed by atoms with E-state index in [1.54, 1.807) is 31.3 Å². The highest BCUT2D eigenvalue weighted by Crippen LogP contribution is 2.31. The van der Waals surface area contributed by atoms with Crippen LogP contribution in [0.5, 0.6) is 11.5 Å². The zero-order valence-electron chi connectivity index (χ0n) is 15.9. The Bertz CT molecular complexity index is 841. The Kier molecular flexibility index (Phi) is 5.64. The molecule has 0 saturated heterocycles. The van der Waals surface area contributed by atoms with E-state index in [1.165, 1.54) is 0 Å². The van der Waals surface area contributed by atoms with Crippen molar-refractivity contribution in [1.82, 2.24) is 5.32 Å². The smallest absolute Gasteiger partial charge is 0.251 e. The van der Waals surface area contributed by atoms with Crippen LogP contribution in [0.2, 0.25) is 0 Å². The van der Waals surface area contributed by atoms with E-state index in [-0.39, 0.29) is 11.8 Å². The van der Waals surface area contributed by atoms with Crippen molar-refractivity contribution in [1.29, 1.82) is 0 Å². The fraction of sp³-hybridized carbons (Fsp3) is 0.333. The lowest BCUT2D eigenvalue weighted by molar-refractivity contribution is -0.118. The van der Waals surface area contributed by atoms with Crippen molar-refractivity contribution in [2.45, 2.75) is 26.3 Å². The van der Waals surface area contributed by atoms with Gasteiger partial charge in [0, 0.05) is 36.8 Å². The molecule has 27 heavy (non-hydrogen) atoms. The fourth-order valence-electron chi connectivity index (χ4n) is 3.34. The van der Waals surface area contributed by atoms with Gasteiger partial charge in [-0.25, -0.2) is 0 Å². The van der Waals surface area contributed by atoms with Gasteiger partial charge >= 0.3 is 0 Å². The van der Waals surface area contributed by atoms with Gasteiger partial charge in [-0.2, -0.15) is 0 Å². The number of rotatable bonds is 6. The fourth-order valence-corrected chi connectivity index (χ4v) is 3.34. The van der Waals surface area contributed by atoms with E-state index < -0.39 is 0 Å². The number of benzene rings is 2. The van der Waals surface area contributed by atoms with E-state index in [1.807, 2.05) is 31.2 Å². The normalized spacial score (nSPS) is 12.5. The summed E-state index contributed by atoms with van der Waals surface area (Å²) in [5.74, 6) is 1.27. The maximum Gasteiger partial charge on any atom is 0.251 e. The van der Waals surface area contributed by atoms with Crippen molar-refractivity contribution in [3.8, 4) is 11.5 Å². The Morgan fingerprint density at radius 1 is 1.11 bits per heavy atom. The van der Waals surface area contributed by atoms with Crippen molar-refractivity contribution >= 4 is 17.5 Å². The first-order valence-corrected chi connectivity index (χ1v) is 8.99. The van der Waals surface area contributed by atoms with Gasteiger partial charge in [0.25, 0.3) is 5.91 Å². The number of hydrogen-bond acceptors (Lipinski definition) is 4. The molecule has 6 heteroatoms. The third kappa shape index (κ3) is 3.89. The van der Waals surface area contributed by atoms with Crippen LogP contribution in [0.1, 0.15) is 34.8 Å². The maximum absolute atomic E-state index is 12.8. The molecule has 0 atom stereocenters. The van der Waals surface area contributed by atoms with Crippen molar-refractivity contribution in [3.63, 3.8) is 0 Å². The minimum atomic E-state index is -0.153. The largest absolute Gasteiger partial charge is 0.497 e. The number of hydrogen-bond donors (Lipinski definition) is 1. The summed E-state index contributed by atoms with van der Waals surface area (Å²) < 4.78 is 10.5. The van der Waals surface area contributed by atoms with Crippen LogP contribution >= 0.6 is 0 Å². The minimum absolute atomic E-state index is 0.0785. The second kappa shape index (κ2) is 8.12. The zero-order valence-corrected chi connectivity index (χ0v) is 15.9. The zero-order chi connectivity index (χ0) is 19.4. The van der Waals surface area contributed by atoms with E-state index in [0.717, 1.165) is 16.8 Å². The monoisotopic (exact) mass is 368 g/mol. The van der Waals surface area contributed by atoms with E-state index in [0.29, 0.717) is 43.0 Å². The molecular formula is C21H24N2O4. The van der Waals surface area contributed by atoms with Crippen LogP contribution in [0.25, 0.3) is 0 Å². The molecule has 0 unspecified atom stereocenters. The molecule has 1 heterocycles. The maximum atomic E-state index is 12.8. The number of ether oxygens (including phenoxy) is 2. The van der Waals surface area contributed by atoms with Crippen LogP contribution in [0.15, 0.2) is 36.4 Å². The highest BCUT2D eigenvalue weighted by Gasteiger charge is 2.27. The van der Waals surface area contributed by atoms with Gasteiger partial charge in [-0.05, 0) is 41.8 Å². The van der Waals surface area contributed by atoms with E-state index in [4.69, 9.17) is 9.47 Å². The summed E-state index contributed by atoms with van der Waals surface area (Å²) in [4.78, 5) is 26.6. The minimum Gasteiger partial charge on any atom is -0.497 e. The Hall–Kier alpha value is -3.02. The first-order chi connectivity index (χ1) is 13.1. The summed E-state index contributed by atoms with van der Waals surface area (Å²) in [5.41, 5.74) is 3.28. The lowest BCUT2D eigenvalue weighted by Gasteiger charge is -2.17. The molecule has 0 radical (unpaired) electrons. The van der Waals surface area contributed by atoms with Crippen molar-refractivity contribution in [3.05, 3.63) is 53.1 Å². The summed E-state index contributed by atoms with van der Waals surface area (Å²) in [6.07, 6.45) is 1.14. The Morgan fingerprint density at radius 2 is 1.81 bits per heavy atom. The van der Waals surface area contributed by atoms with E-state index >= 15 is 0 Å². The van der Waals surface area contributed by atoms with Gasteiger partial charge in [-0.3, -0.25) is 9.59 Å². The van der Waals surface area contributed by atoms with Crippen LogP contribution in [-0.2, 0) is 17.8 Å². The van der Waals surface area contributed by atoms with Crippen LogP contribution < -0.4 is 19.7 Å². The van der Waals surface area contributed by atoms with Gasteiger partial charge < -0.3 is 19.7 Å². The molecule has 0 aliphatic carbocycles. The molecule has 1 aliphatic rings. The lowest BCUT2D eigenvalue weighted by Crippen LogP contribution is -2.27. The molecule has 0 aromatic heterocycles. The van der Waals surface area contributed by atoms with Crippen molar-refractivity contribution in [2.75, 3.05) is 25.7 Å². The molecule has 2 amide bonds. The van der Waals surface area contributed by atoms with Crippen molar-refractivity contribution < 1.29 is 19.1 Å². The molecular weight excluding hydrogens is 344 g/mol. The van der Waals surface area contributed by atoms with E-state index in [2.05, 4.69) is 5.32 Å². The van der Waals surface area contributed by atoms with Gasteiger partial charge in [0.1, 0.15) is 11.5 Å². The van der Waals surface area contributed by atoms with Crippen LogP contribution in [-0.4, -0.2) is 32.6 Å². The summed E-state index contributed by atoms with van der Waals surface area (Å²) in [6.45, 7) is 2.83. The summed E-state index contributed by atoms with van der Waals surface area (Å²) >= 11 is 0. The lowest BCUT2D eigenvalue weighted by atomic mass is 10.0. The van der Waals surface area contributed by atoms with Crippen LogP contribution in [0, 0.1) is 0 Å². The Morgan fingerprint density at radius 3 is 2.44 bits per heavy atom. The quantitative estimate of drug-likeness (QED) is 0.851. The SMILES string of the molecule is CCC(=O)N1CCc2c(C(=O)NCc3cc(OC)cc(OC)c3)cccc21. The molecule has 2 aromatic rings. The third-order valence-electron chi connectivity index (χ3n) is 4.74. The summed E-state index contributed by atoms with van der Waals surface area (Å²) in [6, 6.07) is 11.0. The molecule has 0 bridgehead atoms. The molecule has 0 saturated carbocycles. The molecule has 142 valence electrons. The number of nitrogens with one attached hydrogen (secondary N) is 1. The second-order valence-corrected chi connectivity index (χ2v) is 6.36. The number of amides is 2. The molecule has 2 aromatic carbocycles. The van der Waals surface area contributed by atoms with Crippen molar-refractivity contribution in [2.24, 2.45) is 0 Å². The number of methoxy groups -OCH3 is 2. The highest BCUT2D eigenvalue weighted by atomic mass is 16.5. The summed E-state index contributed by atoms with van der Waals surface area (Å²) in [5, 5.41) is 2.95. The van der Waals surface area contributed by atoms with Gasteiger partial charge in [-0.15, -0.1) is 0 Å². The number of anilines is 1. The molecule has 0 fully saturated rings. The molecule has 0 spiro atoms. The number of carbonyl (C=O) groups is 2. The third-order valence-corrected chi connectivity index (χ3v) is 4.74. The van der Waals surface area contributed by atoms with Crippen LogP contribution in [0.3, 0.4) is 0 Å². The topological polar surface area (TPSA) is 67.9 Å². The molecule has 1 aliphatic heterocycles. The highest BCUT2D eigenvalue weighted by molar-refractivity contribution is 6.01. The first kappa shape index (κ1) is 18.8. The van der Waals surface area contributed by atoms with E-state index in [9.17, 15) is 9.59 Å². The number of nitrogens with zero attached hydrogens (tertiary/aromatic N) is 1. The Labute approximate surface area is 159 Å². The second-order valence-electron chi connectivity index (χ2n) is 6.36. The van der Waals surface area contributed by atoms with Gasteiger partial charge in [-0.1, -0.05) is 13.0 Å². The Balaban J connectivity index is 1.77. The molecule has 6 nitrogen and oxygen atoms in total. The molecule has 1 N–H and O–H groups in total. The van der Waals surface area contributed by atoms with Crippen LogP contribution in [0.4, 0.5) is 5.69 Å². The first-order valence-electron chi connectivity index (χ1n) is 8.99. The van der Waals surface area contributed by atoms with Gasteiger partial charge in [0.15, 0.2) is 0 Å². The predicted octanol–water partition coefficient (Wildman–Crippen LogP) is 2.93. The number of carbonyl (C=O) groups excluding carboxylic acids is 2. The predicted molar refractivity (Wildman–Crippen MR) is 104 cm³/mol. The summed E-state index contributed by atoms with van der Waals surface area (Å²) in [7, 11) is 3.18. The standard InChI is InChI=1S/C21H24N2O4/c1-4-20(24)23-9-8-17-18(6-5-7-19(17)23)21(25)22-13-14-10-15(26-2)12-16(11-14)27-3/h5-7,10-12H,4,8-9,13H2,1-3H3,(H,22,25).